The molecule has 10 heteroatoms. The number of nitrogens with one attached hydrogen (secondary N) is 1. The Hall–Kier alpha value is -2.49. The molecule has 2 aromatic rings. The van der Waals surface area contributed by atoms with Gasteiger partial charge in [0.25, 0.3) is 0 Å². The summed E-state index contributed by atoms with van der Waals surface area (Å²) in [5, 5.41) is 4.74. The molecule has 0 bridgehead atoms. The number of hydrogen-bond donors (Lipinski definition) is 1. The van der Waals surface area contributed by atoms with Gasteiger partial charge in [0.15, 0.2) is 11.7 Å². The summed E-state index contributed by atoms with van der Waals surface area (Å²) < 4.78 is 48.7. The van der Waals surface area contributed by atoms with Crippen molar-refractivity contribution in [1.82, 2.24) is 15.2 Å². The van der Waals surface area contributed by atoms with E-state index in [1.807, 2.05) is 18.2 Å². The quantitative estimate of drug-likeness (QED) is 0.545. The molecule has 0 saturated carbocycles. The molecule has 6 nitrogen and oxygen atoms in total. The number of aliphatic imine (C=N–C) groups is 1. The number of thiazole rings is 1. The normalized spacial score (nSPS) is 17.3. The Balaban J connectivity index is 1.56. The van der Waals surface area contributed by atoms with Crippen molar-refractivity contribution >= 4 is 17.3 Å². The third-order valence-corrected chi connectivity index (χ3v) is 5.92. The van der Waals surface area contributed by atoms with Crippen LogP contribution in [-0.4, -0.2) is 56.7 Å². The average Bonchev–Trinajstić information content (AvgIpc) is 3.40. The Labute approximate surface area is 177 Å². The lowest BCUT2D eigenvalue weighted by Gasteiger charge is -2.22. The zero-order valence-electron chi connectivity index (χ0n) is 17.1. The van der Waals surface area contributed by atoms with Crippen LogP contribution < -0.4 is 14.8 Å². The van der Waals surface area contributed by atoms with Crippen LogP contribution in [0.3, 0.4) is 0 Å². The van der Waals surface area contributed by atoms with E-state index in [-0.39, 0.29) is 0 Å². The zero-order chi connectivity index (χ0) is 21.7. The minimum absolute atomic E-state index is 0.306. The van der Waals surface area contributed by atoms with Gasteiger partial charge in [-0.3, -0.25) is 4.99 Å². The lowest BCUT2D eigenvalue weighted by molar-refractivity contribution is -0.140. The van der Waals surface area contributed by atoms with Crippen molar-refractivity contribution < 1.29 is 22.6 Å². The Bertz CT molecular complexity index is 863. The summed E-state index contributed by atoms with van der Waals surface area (Å²) in [4.78, 5) is 10.1. The first-order valence-corrected chi connectivity index (χ1v) is 10.4. The Morgan fingerprint density at radius 2 is 1.97 bits per heavy atom. The lowest BCUT2D eigenvalue weighted by Crippen LogP contribution is -2.40. The molecule has 1 unspecified atom stereocenters. The molecule has 1 aromatic heterocycles. The summed E-state index contributed by atoms with van der Waals surface area (Å²) in [6, 6.07) is 5.89. The third kappa shape index (κ3) is 5.35. The fourth-order valence-corrected chi connectivity index (χ4v) is 4.26. The summed E-state index contributed by atoms with van der Waals surface area (Å²) in [6.07, 6.45) is -3.03. The van der Waals surface area contributed by atoms with Gasteiger partial charge in [-0.15, -0.1) is 11.3 Å². The minimum atomic E-state index is -4.40. The van der Waals surface area contributed by atoms with Crippen LogP contribution in [0.25, 0.3) is 0 Å². The van der Waals surface area contributed by atoms with E-state index in [1.54, 1.807) is 21.3 Å². The lowest BCUT2D eigenvalue weighted by atomic mass is 9.98. The van der Waals surface area contributed by atoms with Gasteiger partial charge < -0.3 is 19.7 Å². The summed E-state index contributed by atoms with van der Waals surface area (Å²) in [6.45, 7) is 2.08. The fourth-order valence-electron chi connectivity index (χ4n) is 3.46. The van der Waals surface area contributed by atoms with Gasteiger partial charge in [0, 0.05) is 50.5 Å². The number of halogens is 3. The van der Waals surface area contributed by atoms with E-state index in [4.69, 9.17) is 9.47 Å². The van der Waals surface area contributed by atoms with Crippen LogP contribution in [0.15, 0.2) is 28.6 Å². The largest absolute Gasteiger partial charge is 0.497 e. The van der Waals surface area contributed by atoms with Gasteiger partial charge in [-0.2, -0.15) is 13.2 Å². The van der Waals surface area contributed by atoms with E-state index in [0.29, 0.717) is 23.9 Å². The van der Waals surface area contributed by atoms with E-state index >= 15 is 0 Å². The van der Waals surface area contributed by atoms with E-state index in [9.17, 15) is 13.2 Å². The molecule has 0 amide bonds. The van der Waals surface area contributed by atoms with E-state index in [1.165, 1.54) is 0 Å². The number of likely N-dealkylation sites (tertiary alicyclic amines) is 1. The predicted molar refractivity (Wildman–Crippen MR) is 111 cm³/mol. The molecular formula is C20H25F3N4O2S. The Kier molecular flexibility index (Phi) is 7.06. The number of benzene rings is 1. The molecule has 1 saturated heterocycles. The second kappa shape index (κ2) is 9.55. The highest BCUT2D eigenvalue weighted by Gasteiger charge is 2.33. The van der Waals surface area contributed by atoms with Crippen LogP contribution in [0, 0.1) is 0 Å². The number of nitrogens with zero attached hydrogens (tertiary/aromatic N) is 3. The van der Waals surface area contributed by atoms with Crippen LogP contribution in [-0.2, 0) is 12.6 Å². The molecule has 164 valence electrons. The monoisotopic (exact) mass is 442 g/mol. The van der Waals surface area contributed by atoms with E-state index < -0.39 is 11.9 Å². The molecular weight excluding hydrogens is 417 g/mol. The Morgan fingerprint density at radius 1 is 1.27 bits per heavy atom. The maximum Gasteiger partial charge on any atom is 0.434 e. The smallest absolute Gasteiger partial charge is 0.434 e. The van der Waals surface area contributed by atoms with E-state index in [0.717, 1.165) is 59.2 Å². The summed E-state index contributed by atoms with van der Waals surface area (Å²) in [7, 11) is 4.96. The predicted octanol–water partition coefficient (Wildman–Crippen LogP) is 3.79. The molecule has 0 aliphatic carbocycles. The van der Waals surface area contributed by atoms with Gasteiger partial charge in [0.05, 0.1) is 19.2 Å². The van der Waals surface area contributed by atoms with Crippen LogP contribution in [0.4, 0.5) is 13.2 Å². The van der Waals surface area contributed by atoms with Crippen LogP contribution in [0.5, 0.6) is 11.5 Å². The number of guanidine groups is 1. The molecule has 3 rings (SSSR count). The molecule has 1 aliphatic heterocycles. The number of rotatable bonds is 6. The molecule has 1 aliphatic rings. The van der Waals surface area contributed by atoms with Crippen molar-refractivity contribution in [2.24, 2.45) is 4.99 Å². The van der Waals surface area contributed by atoms with Crippen molar-refractivity contribution in [1.29, 1.82) is 0 Å². The van der Waals surface area contributed by atoms with Crippen molar-refractivity contribution in [2.45, 2.75) is 24.9 Å². The minimum Gasteiger partial charge on any atom is -0.497 e. The molecule has 1 aromatic carbocycles. The number of aromatic nitrogens is 1. The standard InChI is InChI=1S/C20H25F3N4O2S/c1-24-19(25-6-4-18-26-17(12-30-18)20(21,22)23)27-7-5-13(11-27)14-8-15(28-2)10-16(9-14)29-3/h8-10,12-13H,4-7,11H2,1-3H3,(H,24,25). The van der Waals surface area contributed by atoms with Crippen LogP contribution in [0.1, 0.15) is 28.6 Å². The third-order valence-electron chi connectivity index (χ3n) is 5.01. The topological polar surface area (TPSA) is 59.0 Å². The molecule has 0 spiro atoms. The summed E-state index contributed by atoms with van der Waals surface area (Å²) in [5.41, 5.74) is 0.314. The van der Waals surface area contributed by atoms with Gasteiger partial charge in [-0.05, 0) is 24.1 Å². The van der Waals surface area contributed by atoms with Gasteiger partial charge in [0.1, 0.15) is 11.5 Å². The highest BCUT2D eigenvalue weighted by Crippen LogP contribution is 2.33. The first-order valence-electron chi connectivity index (χ1n) is 9.54. The Morgan fingerprint density at radius 3 is 2.53 bits per heavy atom. The zero-order valence-corrected chi connectivity index (χ0v) is 17.9. The molecule has 2 heterocycles. The van der Waals surface area contributed by atoms with E-state index in [2.05, 4.69) is 20.2 Å². The van der Waals surface area contributed by atoms with Crippen LogP contribution in [0.2, 0.25) is 0 Å². The van der Waals surface area contributed by atoms with Crippen molar-refractivity contribution in [2.75, 3.05) is 40.9 Å². The van der Waals surface area contributed by atoms with Crippen LogP contribution >= 0.6 is 11.3 Å². The van der Waals surface area contributed by atoms with Gasteiger partial charge in [0.2, 0.25) is 0 Å². The van der Waals surface area contributed by atoms with Gasteiger partial charge in [-0.1, -0.05) is 0 Å². The molecule has 30 heavy (non-hydrogen) atoms. The second-order valence-electron chi connectivity index (χ2n) is 6.93. The molecule has 1 N–H and O–H groups in total. The second-order valence-corrected chi connectivity index (χ2v) is 7.87. The number of ether oxygens (including phenoxy) is 2. The first kappa shape index (κ1) is 22.2. The maximum atomic E-state index is 12.7. The number of methoxy groups -OCH3 is 2. The molecule has 1 atom stereocenters. The molecule has 1 fully saturated rings. The van der Waals surface area contributed by atoms with Gasteiger partial charge >= 0.3 is 6.18 Å². The summed E-state index contributed by atoms with van der Waals surface area (Å²) in [5.74, 6) is 2.56. The van der Waals surface area contributed by atoms with Gasteiger partial charge in [-0.25, -0.2) is 4.98 Å². The first-order chi connectivity index (χ1) is 14.3. The maximum absolute atomic E-state index is 12.7. The van der Waals surface area contributed by atoms with Crippen molar-refractivity contribution in [3.63, 3.8) is 0 Å². The highest BCUT2D eigenvalue weighted by atomic mass is 32.1. The number of hydrogen-bond acceptors (Lipinski definition) is 5. The fraction of sp³-hybridized carbons (Fsp3) is 0.500. The van der Waals surface area contributed by atoms with Crippen molar-refractivity contribution in [3.05, 3.63) is 39.8 Å². The number of alkyl halides is 3. The SMILES string of the molecule is CN=C(NCCc1nc(C(F)(F)F)cs1)N1CCC(c2cc(OC)cc(OC)c2)C1. The average molecular weight is 443 g/mol. The highest BCUT2D eigenvalue weighted by molar-refractivity contribution is 7.09. The summed E-state index contributed by atoms with van der Waals surface area (Å²) >= 11 is 1.02. The van der Waals surface area contributed by atoms with Crippen molar-refractivity contribution in [3.8, 4) is 11.5 Å². The molecule has 0 radical (unpaired) electrons.